The molecule has 8 heteroatoms. The van der Waals surface area contributed by atoms with Crippen molar-refractivity contribution in [1.82, 2.24) is 4.90 Å². The highest BCUT2D eigenvalue weighted by Crippen LogP contribution is 2.23. The number of ether oxygens (including phenoxy) is 6. The Kier molecular flexibility index (Phi) is 19.0. The van der Waals surface area contributed by atoms with Crippen LogP contribution in [0.4, 0.5) is 0 Å². The van der Waals surface area contributed by atoms with E-state index in [4.69, 9.17) is 33.5 Å². The van der Waals surface area contributed by atoms with E-state index in [2.05, 4.69) is 11.8 Å². The molecule has 1 aliphatic heterocycles. The predicted octanol–water partition coefficient (Wildman–Crippen LogP) is 1.94. The summed E-state index contributed by atoms with van der Waals surface area (Å²) >= 11 is 0. The molecule has 0 amide bonds. The van der Waals surface area contributed by atoms with Gasteiger partial charge in [-0.3, -0.25) is 4.90 Å². The summed E-state index contributed by atoms with van der Waals surface area (Å²) < 4.78 is 32.9. The van der Waals surface area contributed by atoms with Crippen molar-refractivity contribution in [3.63, 3.8) is 0 Å². The first-order valence-electron chi connectivity index (χ1n) is 11.6. The second-order valence-electron chi connectivity index (χ2n) is 7.58. The third-order valence-corrected chi connectivity index (χ3v) is 5.18. The van der Waals surface area contributed by atoms with E-state index in [9.17, 15) is 0 Å². The van der Waals surface area contributed by atoms with Gasteiger partial charge in [-0.1, -0.05) is 19.8 Å². The molecule has 1 heterocycles. The molecule has 0 aromatic carbocycles. The Morgan fingerprint density at radius 1 is 0.867 bits per heavy atom. The number of methoxy groups -OCH3 is 1. The first kappa shape index (κ1) is 27.7. The summed E-state index contributed by atoms with van der Waals surface area (Å²) in [5.41, 5.74) is 0. The Labute approximate surface area is 183 Å². The molecule has 0 aliphatic carbocycles. The minimum Gasteiger partial charge on any atom is -0.394 e. The zero-order valence-corrected chi connectivity index (χ0v) is 19.2. The first-order chi connectivity index (χ1) is 14.8. The van der Waals surface area contributed by atoms with Gasteiger partial charge in [0.25, 0.3) is 0 Å². The van der Waals surface area contributed by atoms with E-state index in [0.29, 0.717) is 66.1 Å². The van der Waals surface area contributed by atoms with Crippen molar-refractivity contribution in [3.8, 4) is 0 Å². The summed E-state index contributed by atoms with van der Waals surface area (Å²) in [4.78, 5) is 2.43. The predicted molar refractivity (Wildman–Crippen MR) is 116 cm³/mol. The average molecular weight is 436 g/mol. The van der Waals surface area contributed by atoms with E-state index < -0.39 is 0 Å². The molecular weight excluding hydrogens is 390 g/mol. The number of aliphatic hydroxyl groups excluding tert-OH is 1. The molecule has 0 aromatic heterocycles. The van der Waals surface area contributed by atoms with Crippen molar-refractivity contribution in [2.75, 3.05) is 92.9 Å². The smallest absolute Gasteiger partial charge is 0.133 e. The molecule has 1 fully saturated rings. The highest BCUT2D eigenvalue weighted by Gasteiger charge is 2.25. The highest BCUT2D eigenvalue weighted by molar-refractivity contribution is 4.75. The van der Waals surface area contributed by atoms with Crippen molar-refractivity contribution >= 4 is 0 Å². The maximum Gasteiger partial charge on any atom is 0.133 e. The summed E-state index contributed by atoms with van der Waals surface area (Å²) in [6.45, 7) is 9.70. The Morgan fingerprint density at radius 3 is 1.97 bits per heavy atom. The number of rotatable bonds is 21. The van der Waals surface area contributed by atoms with Gasteiger partial charge in [0.15, 0.2) is 0 Å². The second kappa shape index (κ2) is 20.6. The van der Waals surface area contributed by atoms with Crippen LogP contribution in [0.2, 0.25) is 0 Å². The highest BCUT2D eigenvalue weighted by atomic mass is 16.6. The Balaban J connectivity index is 1.91. The fraction of sp³-hybridized carbons (Fsp3) is 1.00. The number of hydrogen-bond donors (Lipinski definition) is 1. The van der Waals surface area contributed by atoms with E-state index in [-0.39, 0.29) is 12.8 Å². The molecule has 1 N–H and O–H groups in total. The lowest BCUT2D eigenvalue weighted by Gasteiger charge is -2.37. The van der Waals surface area contributed by atoms with Gasteiger partial charge in [0, 0.05) is 20.2 Å². The van der Waals surface area contributed by atoms with Crippen molar-refractivity contribution < 1.29 is 33.5 Å². The molecule has 30 heavy (non-hydrogen) atoms. The summed E-state index contributed by atoms with van der Waals surface area (Å²) in [5, 5.41) is 8.57. The first-order valence-corrected chi connectivity index (χ1v) is 11.6. The van der Waals surface area contributed by atoms with Crippen LogP contribution in [0.15, 0.2) is 0 Å². The number of piperidine rings is 1. The Hall–Kier alpha value is -0.320. The summed E-state index contributed by atoms with van der Waals surface area (Å²) in [6, 6.07) is 0. The van der Waals surface area contributed by atoms with Crippen LogP contribution >= 0.6 is 0 Å². The number of aliphatic hydroxyl groups is 1. The zero-order valence-electron chi connectivity index (χ0n) is 19.2. The number of nitrogens with zero attached hydrogens (tertiary/aromatic N) is 1. The molecule has 0 spiro atoms. The van der Waals surface area contributed by atoms with Crippen LogP contribution in [0.25, 0.3) is 0 Å². The third-order valence-electron chi connectivity index (χ3n) is 5.18. The average Bonchev–Trinajstić information content (AvgIpc) is 2.77. The van der Waals surface area contributed by atoms with Gasteiger partial charge in [0.05, 0.1) is 72.7 Å². The molecule has 8 nitrogen and oxygen atoms in total. The van der Waals surface area contributed by atoms with E-state index >= 15 is 0 Å². The van der Waals surface area contributed by atoms with E-state index in [0.717, 1.165) is 19.0 Å². The lowest BCUT2D eigenvalue weighted by atomic mass is 9.93. The Bertz CT molecular complexity index is 362. The maximum absolute atomic E-state index is 8.57. The van der Waals surface area contributed by atoms with Gasteiger partial charge >= 0.3 is 0 Å². The molecular formula is C22H45NO7. The standard InChI is InChI=1S/C22H45NO7/c1-3-4-6-21-7-5-8-23(19-21)22(25-2)20-30-18-17-29-16-15-28-14-13-27-12-11-26-10-9-24/h21-22,24H,3-20H2,1-2H3. The molecule has 1 rings (SSSR count). The van der Waals surface area contributed by atoms with E-state index in [1.165, 1.54) is 32.1 Å². The molecule has 0 aromatic rings. The summed E-state index contributed by atoms with van der Waals surface area (Å²) in [7, 11) is 1.77. The van der Waals surface area contributed by atoms with Crippen LogP contribution in [0.5, 0.6) is 0 Å². The van der Waals surface area contributed by atoms with E-state index in [1.54, 1.807) is 7.11 Å². The summed E-state index contributed by atoms with van der Waals surface area (Å²) in [6.07, 6.45) is 6.54. The zero-order chi connectivity index (χ0) is 21.7. The second-order valence-corrected chi connectivity index (χ2v) is 7.58. The van der Waals surface area contributed by atoms with Gasteiger partial charge in [0.2, 0.25) is 0 Å². The van der Waals surface area contributed by atoms with Crippen molar-refractivity contribution in [2.24, 2.45) is 5.92 Å². The molecule has 2 unspecified atom stereocenters. The van der Waals surface area contributed by atoms with Crippen LogP contribution in [0.3, 0.4) is 0 Å². The minimum atomic E-state index is 0.0341. The van der Waals surface area contributed by atoms with Crippen LogP contribution in [-0.4, -0.2) is 109 Å². The SMILES string of the molecule is CCCCC1CCCN(C(COCCOCCOCCOCCOCCO)OC)C1. The molecule has 0 radical (unpaired) electrons. The van der Waals surface area contributed by atoms with Crippen LogP contribution < -0.4 is 0 Å². The quantitative estimate of drug-likeness (QED) is 0.274. The molecule has 1 aliphatic rings. The molecule has 0 saturated carbocycles. The fourth-order valence-corrected chi connectivity index (χ4v) is 3.54. The lowest BCUT2D eigenvalue weighted by molar-refractivity contribution is -0.102. The lowest BCUT2D eigenvalue weighted by Crippen LogP contribution is -2.46. The maximum atomic E-state index is 8.57. The monoisotopic (exact) mass is 435 g/mol. The largest absolute Gasteiger partial charge is 0.394 e. The van der Waals surface area contributed by atoms with Crippen molar-refractivity contribution in [2.45, 2.75) is 45.3 Å². The molecule has 1 saturated heterocycles. The molecule has 0 bridgehead atoms. The normalized spacial score (nSPS) is 18.7. The van der Waals surface area contributed by atoms with Gasteiger partial charge in [-0.25, -0.2) is 0 Å². The molecule has 2 atom stereocenters. The number of unbranched alkanes of at least 4 members (excludes halogenated alkanes) is 1. The van der Waals surface area contributed by atoms with E-state index in [1.807, 2.05) is 0 Å². The van der Waals surface area contributed by atoms with Gasteiger partial charge in [-0.15, -0.1) is 0 Å². The van der Waals surface area contributed by atoms with Gasteiger partial charge in [0.1, 0.15) is 6.23 Å². The van der Waals surface area contributed by atoms with Crippen LogP contribution in [-0.2, 0) is 28.4 Å². The van der Waals surface area contributed by atoms with Gasteiger partial charge in [-0.2, -0.15) is 0 Å². The summed E-state index contributed by atoms with van der Waals surface area (Å²) in [5.74, 6) is 0.796. The fourth-order valence-electron chi connectivity index (χ4n) is 3.54. The van der Waals surface area contributed by atoms with Crippen LogP contribution in [0, 0.1) is 5.92 Å². The third kappa shape index (κ3) is 14.6. The topological polar surface area (TPSA) is 78.9 Å². The van der Waals surface area contributed by atoms with Gasteiger partial charge in [-0.05, 0) is 25.2 Å². The molecule has 180 valence electrons. The van der Waals surface area contributed by atoms with Crippen LogP contribution in [0.1, 0.15) is 39.0 Å². The minimum absolute atomic E-state index is 0.0341. The van der Waals surface area contributed by atoms with Crippen molar-refractivity contribution in [3.05, 3.63) is 0 Å². The number of likely N-dealkylation sites (tertiary alicyclic amines) is 1. The van der Waals surface area contributed by atoms with Gasteiger partial charge < -0.3 is 33.5 Å². The van der Waals surface area contributed by atoms with Crippen molar-refractivity contribution in [1.29, 1.82) is 0 Å². The Morgan fingerprint density at radius 2 is 1.43 bits per heavy atom. The number of hydrogen-bond acceptors (Lipinski definition) is 8.